The molecule has 0 aliphatic rings. The van der Waals surface area contributed by atoms with Crippen molar-refractivity contribution in [2.45, 2.75) is 26.3 Å². The third-order valence-electron chi connectivity index (χ3n) is 2.56. The molecule has 18 heavy (non-hydrogen) atoms. The first-order valence-electron chi connectivity index (χ1n) is 5.98. The maximum Gasteiger partial charge on any atom is 0.220 e. The maximum atomic E-state index is 10.7. The van der Waals surface area contributed by atoms with Gasteiger partial charge in [0.25, 0.3) is 0 Å². The van der Waals surface area contributed by atoms with E-state index in [1.54, 1.807) is 0 Å². The lowest BCUT2D eigenvalue weighted by molar-refractivity contribution is -0.118. The van der Waals surface area contributed by atoms with Crippen LogP contribution in [-0.4, -0.2) is 19.1 Å². The molecule has 5 heteroatoms. The molecule has 0 bridgehead atoms. The Morgan fingerprint density at radius 1 is 1.56 bits per heavy atom. The highest BCUT2D eigenvalue weighted by Gasteiger charge is 2.11. The number of carbonyl (C=O) groups is 1. The summed E-state index contributed by atoms with van der Waals surface area (Å²) < 4.78 is 6.57. The summed E-state index contributed by atoms with van der Waals surface area (Å²) in [6.45, 7) is 5.33. The van der Waals surface area contributed by atoms with E-state index < -0.39 is 0 Å². The summed E-state index contributed by atoms with van der Waals surface area (Å²) >= 11 is 3.41. The Hall–Kier alpha value is -1.07. The van der Waals surface area contributed by atoms with E-state index >= 15 is 0 Å². The molecule has 0 heterocycles. The van der Waals surface area contributed by atoms with Crippen LogP contribution in [0.2, 0.25) is 0 Å². The van der Waals surface area contributed by atoms with Crippen LogP contribution in [-0.2, 0) is 4.79 Å². The van der Waals surface area contributed by atoms with Crippen molar-refractivity contribution < 1.29 is 9.53 Å². The number of amides is 1. The van der Waals surface area contributed by atoms with Crippen LogP contribution in [0, 0.1) is 0 Å². The Labute approximate surface area is 116 Å². The monoisotopic (exact) mass is 314 g/mol. The standard InChI is InChI=1S/C13H19BrN2O2/c1-3-16-9(2)11-5-4-10(14)8-12(11)18-7-6-13(15)17/h4-5,8-9,16H,3,6-7H2,1-2H3,(H2,15,17). The van der Waals surface area contributed by atoms with Gasteiger partial charge in [-0.3, -0.25) is 4.79 Å². The molecule has 1 aromatic carbocycles. The van der Waals surface area contributed by atoms with E-state index in [4.69, 9.17) is 10.5 Å². The van der Waals surface area contributed by atoms with Gasteiger partial charge in [0.05, 0.1) is 13.0 Å². The van der Waals surface area contributed by atoms with Gasteiger partial charge in [0.1, 0.15) is 5.75 Å². The van der Waals surface area contributed by atoms with Gasteiger partial charge in [0.2, 0.25) is 5.91 Å². The van der Waals surface area contributed by atoms with Gasteiger partial charge in [-0.2, -0.15) is 0 Å². The number of carbonyl (C=O) groups excluding carboxylic acids is 1. The molecule has 1 atom stereocenters. The number of nitrogens with two attached hydrogens (primary N) is 1. The van der Waals surface area contributed by atoms with Crippen LogP contribution < -0.4 is 15.8 Å². The Bertz CT molecular complexity index is 410. The van der Waals surface area contributed by atoms with E-state index in [2.05, 4.69) is 35.1 Å². The summed E-state index contributed by atoms with van der Waals surface area (Å²) in [5, 5.41) is 3.33. The normalized spacial score (nSPS) is 12.2. The van der Waals surface area contributed by atoms with Crippen LogP contribution in [0.25, 0.3) is 0 Å². The topological polar surface area (TPSA) is 64.3 Å². The first kappa shape index (κ1) is 15.0. The SMILES string of the molecule is CCNC(C)c1ccc(Br)cc1OCCC(N)=O. The van der Waals surface area contributed by atoms with E-state index in [-0.39, 0.29) is 18.4 Å². The van der Waals surface area contributed by atoms with Crippen LogP contribution in [0.4, 0.5) is 0 Å². The minimum atomic E-state index is -0.355. The summed E-state index contributed by atoms with van der Waals surface area (Å²) in [7, 11) is 0. The van der Waals surface area contributed by atoms with Gasteiger partial charge in [0.15, 0.2) is 0 Å². The molecule has 0 fully saturated rings. The number of ether oxygens (including phenoxy) is 1. The molecule has 0 aliphatic heterocycles. The molecule has 0 saturated carbocycles. The van der Waals surface area contributed by atoms with Crippen molar-refractivity contribution in [3.63, 3.8) is 0 Å². The largest absolute Gasteiger partial charge is 0.493 e. The third-order valence-corrected chi connectivity index (χ3v) is 3.05. The minimum absolute atomic E-state index is 0.201. The van der Waals surface area contributed by atoms with Crippen LogP contribution in [0.5, 0.6) is 5.75 Å². The zero-order chi connectivity index (χ0) is 13.5. The molecule has 3 N–H and O–H groups in total. The predicted octanol–water partition coefficient (Wildman–Crippen LogP) is 2.37. The summed E-state index contributed by atoms with van der Waals surface area (Å²) in [5.41, 5.74) is 6.17. The lowest BCUT2D eigenvalue weighted by Crippen LogP contribution is -2.19. The molecular formula is C13H19BrN2O2. The summed E-state index contributed by atoms with van der Waals surface area (Å²) in [4.78, 5) is 10.7. The van der Waals surface area contributed by atoms with Crippen molar-refractivity contribution in [3.8, 4) is 5.75 Å². The molecule has 0 radical (unpaired) electrons. The Balaban J connectivity index is 2.79. The van der Waals surface area contributed by atoms with Gasteiger partial charge in [-0.15, -0.1) is 0 Å². The van der Waals surface area contributed by atoms with Gasteiger partial charge >= 0.3 is 0 Å². The highest BCUT2D eigenvalue weighted by atomic mass is 79.9. The van der Waals surface area contributed by atoms with E-state index in [1.165, 1.54) is 0 Å². The molecule has 100 valence electrons. The van der Waals surface area contributed by atoms with Gasteiger partial charge in [-0.05, 0) is 25.6 Å². The summed E-state index contributed by atoms with van der Waals surface area (Å²) in [6, 6.07) is 6.09. The highest BCUT2D eigenvalue weighted by Crippen LogP contribution is 2.28. The van der Waals surface area contributed by atoms with E-state index in [0.29, 0.717) is 6.61 Å². The molecule has 0 saturated heterocycles. The van der Waals surface area contributed by atoms with Crippen LogP contribution in [0.15, 0.2) is 22.7 Å². The molecule has 1 amide bonds. The quantitative estimate of drug-likeness (QED) is 0.812. The first-order chi connectivity index (χ1) is 8.54. The second kappa shape index (κ2) is 7.38. The lowest BCUT2D eigenvalue weighted by Gasteiger charge is -2.17. The van der Waals surface area contributed by atoms with Crippen molar-refractivity contribution >= 4 is 21.8 Å². The molecule has 1 unspecified atom stereocenters. The van der Waals surface area contributed by atoms with E-state index in [9.17, 15) is 4.79 Å². The van der Waals surface area contributed by atoms with Crippen LogP contribution in [0.3, 0.4) is 0 Å². The maximum absolute atomic E-state index is 10.7. The van der Waals surface area contributed by atoms with Crippen molar-refractivity contribution in [2.75, 3.05) is 13.2 Å². The number of halogens is 1. The Morgan fingerprint density at radius 2 is 2.28 bits per heavy atom. The zero-order valence-electron chi connectivity index (χ0n) is 10.7. The number of hydrogen-bond acceptors (Lipinski definition) is 3. The fourth-order valence-corrected chi connectivity index (χ4v) is 2.01. The molecule has 0 aromatic heterocycles. The average Bonchev–Trinajstić information content (AvgIpc) is 2.29. The minimum Gasteiger partial charge on any atom is -0.493 e. The fraction of sp³-hybridized carbons (Fsp3) is 0.462. The van der Waals surface area contributed by atoms with Crippen molar-refractivity contribution in [1.29, 1.82) is 0 Å². The Kier molecular flexibility index (Phi) is 6.15. The molecule has 1 aromatic rings. The molecular weight excluding hydrogens is 296 g/mol. The second-order valence-electron chi connectivity index (χ2n) is 4.03. The average molecular weight is 315 g/mol. The predicted molar refractivity (Wildman–Crippen MR) is 75.5 cm³/mol. The molecule has 1 rings (SSSR count). The summed E-state index contributed by atoms with van der Waals surface area (Å²) in [5.74, 6) is 0.422. The number of nitrogens with one attached hydrogen (secondary N) is 1. The fourth-order valence-electron chi connectivity index (χ4n) is 1.67. The zero-order valence-corrected chi connectivity index (χ0v) is 12.3. The lowest BCUT2D eigenvalue weighted by atomic mass is 10.1. The first-order valence-corrected chi connectivity index (χ1v) is 6.77. The van der Waals surface area contributed by atoms with Crippen LogP contribution in [0.1, 0.15) is 31.9 Å². The molecule has 4 nitrogen and oxygen atoms in total. The van der Waals surface area contributed by atoms with Crippen molar-refractivity contribution in [2.24, 2.45) is 5.73 Å². The number of benzene rings is 1. The van der Waals surface area contributed by atoms with Crippen LogP contribution >= 0.6 is 15.9 Å². The van der Waals surface area contributed by atoms with Gasteiger partial charge in [-0.25, -0.2) is 0 Å². The number of hydrogen-bond donors (Lipinski definition) is 2. The van der Waals surface area contributed by atoms with Gasteiger partial charge in [0, 0.05) is 16.1 Å². The number of primary amides is 1. The van der Waals surface area contributed by atoms with Crippen molar-refractivity contribution in [3.05, 3.63) is 28.2 Å². The van der Waals surface area contributed by atoms with E-state index in [1.807, 2.05) is 18.2 Å². The molecule has 0 spiro atoms. The third kappa shape index (κ3) is 4.66. The second-order valence-corrected chi connectivity index (χ2v) is 4.94. The van der Waals surface area contributed by atoms with Crippen molar-refractivity contribution in [1.82, 2.24) is 5.32 Å². The smallest absolute Gasteiger partial charge is 0.220 e. The van der Waals surface area contributed by atoms with Gasteiger partial charge in [-0.1, -0.05) is 28.9 Å². The van der Waals surface area contributed by atoms with Gasteiger partial charge < -0.3 is 15.8 Å². The summed E-state index contributed by atoms with van der Waals surface area (Å²) in [6.07, 6.45) is 0.224. The molecule has 0 aliphatic carbocycles. The Morgan fingerprint density at radius 3 is 2.89 bits per heavy atom. The highest BCUT2D eigenvalue weighted by molar-refractivity contribution is 9.10. The van der Waals surface area contributed by atoms with E-state index in [0.717, 1.165) is 22.3 Å². The number of rotatable bonds is 7.